The van der Waals surface area contributed by atoms with Crippen LogP contribution in [-0.2, 0) is 10.2 Å². The van der Waals surface area contributed by atoms with Crippen LogP contribution in [0, 0.1) is 5.92 Å². The van der Waals surface area contributed by atoms with Crippen molar-refractivity contribution in [2.24, 2.45) is 5.92 Å². The Balaban J connectivity index is 1.61. The highest BCUT2D eigenvalue weighted by molar-refractivity contribution is 7.86. The van der Waals surface area contributed by atoms with Gasteiger partial charge in [0.2, 0.25) is 0 Å². The van der Waals surface area contributed by atoms with Crippen LogP contribution in [0.3, 0.4) is 0 Å². The molecule has 2 aliphatic heterocycles. The summed E-state index contributed by atoms with van der Waals surface area (Å²) in [6, 6.07) is 3.30. The van der Waals surface area contributed by atoms with Crippen molar-refractivity contribution in [2.75, 3.05) is 39.3 Å². The first-order valence-electron chi connectivity index (χ1n) is 8.06. The fraction of sp³-hybridized carbons (Fsp3) is 0.667. The summed E-state index contributed by atoms with van der Waals surface area (Å²) in [5.41, 5.74) is 0. The number of piperazine rings is 1. The van der Waals surface area contributed by atoms with Gasteiger partial charge in [0.15, 0.2) is 5.76 Å². The Labute approximate surface area is 137 Å². The van der Waals surface area contributed by atoms with Gasteiger partial charge in [-0.25, -0.2) is 0 Å². The Morgan fingerprint density at radius 2 is 1.91 bits per heavy atom. The Hall–Kier alpha value is -1.38. The first kappa shape index (κ1) is 16.5. The van der Waals surface area contributed by atoms with Crippen LogP contribution >= 0.6 is 0 Å². The molecule has 1 amide bonds. The Morgan fingerprint density at radius 1 is 1.17 bits per heavy atom. The van der Waals surface area contributed by atoms with Crippen LogP contribution in [0.15, 0.2) is 22.8 Å². The van der Waals surface area contributed by atoms with Crippen molar-refractivity contribution in [1.82, 2.24) is 13.5 Å². The highest BCUT2D eigenvalue weighted by Crippen LogP contribution is 2.21. The van der Waals surface area contributed by atoms with Crippen LogP contribution in [0.5, 0.6) is 0 Å². The van der Waals surface area contributed by atoms with Crippen molar-refractivity contribution in [1.29, 1.82) is 0 Å². The summed E-state index contributed by atoms with van der Waals surface area (Å²) in [6.45, 7) is 4.72. The van der Waals surface area contributed by atoms with Gasteiger partial charge < -0.3 is 9.32 Å². The second-order valence-corrected chi connectivity index (χ2v) is 8.21. The summed E-state index contributed by atoms with van der Waals surface area (Å²) in [6.07, 6.45) is 3.46. The van der Waals surface area contributed by atoms with Crippen LogP contribution in [0.1, 0.15) is 30.3 Å². The number of rotatable bonds is 3. The number of carbonyl (C=O) groups excluding carboxylic acids is 1. The first-order valence-corrected chi connectivity index (χ1v) is 9.46. The SMILES string of the molecule is CC1CCCN(S(=O)(=O)N2CCN(C(=O)c3ccco3)CC2)C1. The second-order valence-electron chi connectivity index (χ2n) is 6.28. The smallest absolute Gasteiger partial charge is 0.289 e. The minimum atomic E-state index is -3.42. The van der Waals surface area contributed by atoms with E-state index < -0.39 is 10.2 Å². The van der Waals surface area contributed by atoms with Gasteiger partial charge >= 0.3 is 0 Å². The summed E-state index contributed by atoms with van der Waals surface area (Å²) < 4.78 is 33.6. The van der Waals surface area contributed by atoms with E-state index in [0.29, 0.717) is 50.9 Å². The molecule has 7 nitrogen and oxygen atoms in total. The van der Waals surface area contributed by atoms with Crippen LogP contribution in [0.25, 0.3) is 0 Å². The third kappa shape index (κ3) is 3.44. The normalized spacial score (nSPS) is 24.7. The Kier molecular flexibility index (Phi) is 4.74. The minimum Gasteiger partial charge on any atom is -0.459 e. The maximum absolute atomic E-state index is 12.7. The molecule has 2 fully saturated rings. The van der Waals surface area contributed by atoms with Crippen molar-refractivity contribution in [2.45, 2.75) is 19.8 Å². The molecule has 0 bridgehead atoms. The van der Waals surface area contributed by atoms with Crippen molar-refractivity contribution >= 4 is 16.1 Å². The van der Waals surface area contributed by atoms with Gasteiger partial charge in [0.1, 0.15) is 0 Å². The fourth-order valence-electron chi connectivity index (χ4n) is 3.20. The summed E-state index contributed by atoms with van der Waals surface area (Å²) in [5.74, 6) is 0.519. The highest BCUT2D eigenvalue weighted by atomic mass is 32.2. The molecule has 0 spiro atoms. The number of carbonyl (C=O) groups is 1. The first-order chi connectivity index (χ1) is 11.0. The van der Waals surface area contributed by atoms with E-state index in [0.717, 1.165) is 12.8 Å². The summed E-state index contributed by atoms with van der Waals surface area (Å²) in [4.78, 5) is 13.9. The van der Waals surface area contributed by atoms with Gasteiger partial charge in [-0.1, -0.05) is 6.92 Å². The highest BCUT2D eigenvalue weighted by Gasteiger charge is 2.35. The van der Waals surface area contributed by atoms with Crippen LogP contribution in [0.2, 0.25) is 0 Å². The number of hydrogen-bond donors (Lipinski definition) is 0. The molecule has 0 aromatic carbocycles. The van der Waals surface area contributed by atoms with E-state index in [2.05, 4.69) is 6.92 Å². The zero-order valence-electron chi connectivity index (χ0n) is 13.3. The average molecular weight is 341 g/mol. The summed E-state index contributed by atoms with van der Waals surface area (Å²) in [5, 5.41) is 0. The van der Waals surface area contributed by atoms with Crippen molar-refractivity contribution in [3.05, 3.63) is 24.2 Å². The molecule has 0 saturated carbocycles. The molecule has 128 valence electrons. The topological polar surface area (TPSA) is 74.1 Å². The van der Waals surface area contributed by atoms with Crippen LogP contribution in [0.4, 0.5) is 0 Å². The molecule has 1 atom stereocenters. The number of furan rings is 1. The summed E-state index contributed by atoms with van der Waals surface area (Å²) >= 11 is 0. The molecule has 0 radical (unpaired) electrons. The monoisotopic (exact) mass is 341 g/mol. The van der Waals surface area contributed by atoms with Crippen molar-refractivity contribution < 1.29 is 17.6 Å². The molecule has 3 heterocycles. The number of hydrogen-bond acceptors (Lipinski definition) is 4. The zero-order chi connectivity index (χ0) is 16.4. The van der Waals surface area contributed by atoms with E-state index in [1.54, 1.807) is 21.3 Å². The molecule has 0 N–H and O–H groups in total. The Bertz CT molecular complexity index is 636. The van der Waals surface area contributed by atoms with Gasteiger partial charge in [-0.3, -0.25) is 4.79 Å². The van der Waals surface area contributed by atoms with Crippen molar-refractivity contribution in [3.8, 4) is 0 Å². The number of piperidine rings is 1. The molecule has 2 saturated heterocycles. The zero-order valence-corrected chi connectivity index (χ0v) is 14.2. The molecular weight excluding hydrogens is 318 g/mol. The maximum atomic E-state index is 12.7. The predicted octanol–water partition coefficient (Wildman–Crippen LogP) is 1.01. The molecular formula is C15H23N3O4S. The van der Waals surface area contributed by atoms with Gasteiger partial charge in [0, 0.05) is 39.3 Å². The van der Waals surface area contributed by atoms with E-state index in [1.807, 2.05) is 0 Å². The third-order valence-corrected chi connectivity index (χ3v) is 6.53. The lowest BCUT2D eigenvalue weighted by atomic mass is 10.0. The van der Waals surface area contributed by atoms with E-state index in [9.17, 15) is 13.2 Å². The molecule has 1 aromatic rings. The average Bonchev–Trinajstić information content (AvgIpc) is 3.09. The largest absolute Gasteiger partial charge is 0.459 e. The molecule has 8 heteroatoms. The second kappa shape index (κ2) is 6.62. The van der Waals surface area contributed by atoms with Gasteiger partial charge in [-0.05, 0) is 30.9 Å². The van der Waals surface area contributed by atoms with E-state index in [4.69, 9.17) is 4.42 Å². The van der Waals surface area contributed by atoms with Gasteiger partial charge in [-0.2, -0.15) is 17.0 Å². The van der Waals surface area contributed by atoms with E-state index in [1.165, 1.54) is 10.6 Å². The van der Waals surface area contributed by atoms with Crippen LogP contribution < -0.4 is 0 Å². The van der Waals surface area contributed by atoms with Gasteiger partial charge in [0.05, 0.1) is 6.26 Å². The maximum Gasteiger partial charge on any atom is 0.289 e. The summed E-state index contributed by atoms with van der Waals surface area (Å²) in [7, 11) is -3.42. The molecule has 1 aromatic heterocycles. The van der Waals surface area contributed by atoms with Gasteiger partial charge in [-0.15, -0.1) is 0 Å². The standard InChI is InChI=1S/C15H23N3O4S/c1-13-4-2-6-18(12-13)23(20,21)17-9-7-16(8-10-17)15(19)14-5-3-11-22-14/h3,5,11,13H,2,4,6-10,12H2,1H3. The Morgan fingerprint density at radius 3 is 2.52 bits per heavy atom. The van der Waals surface area contributed by atoms with E-state index >= 15 is 0 Å². The minimum absolute atomic E-state index is 0.182. The third-order valence-electron chi connectivity index (χ3n) is 4.53. The number of amides is 1. The molecule has 1 unspecified atom stereocenters. The lowest BCUT2D eigenvalue weighted by Crippen LogP contribution is -2.55. The molecule has 3 rings (SSSR count). The van der Waals surface area contributed by atoms with Gasteiger partial charge in [0.25, 0.3) is 16.1 Å². The number of nitrogens with zero attached hydrogens (tertiary/aromatic N) is 3. The van der Waals surface area contributed by atoms with Crippen LogP contribution in [-0.4, -0.2) is 67.1 Å². The lowest BCUT2D eigenvalue weighted by Gasteiger charge is -2.38. The van der Waals surface area contributed by atoms with Crippen molar-refractivity contribution in [3.63, 3.8) is 0 Å². The molecule has 0 aliphatic carbocycles. The molecule has 23 heavy (non-hydrogen) atoms. The lowest BCUT2D eigenvalue weighted by molar-refractivity contribution is 0.0661. The quantitative estimate of drug-likeness (QED) is 0.822. The predicted molar refractivity (Wildman–Crippen MR) is 85.1 cm³/mol. The molecule has 2 aliphatic rings. The van der Waals surface area contributed by atoms with E-state index in [-0.39, 0.29) is 5.91 Å². The fourth-order valence-corrected chi connectivity index (χ4v) is 4.95.